The Morgan fingerprint density at radius 2 is 2.08 bits per heavy atom. The van der Waals surface area contributed by atoms with E-state index in [4.69, 9.17) is 16.3 Å². The van der Waals surface area contributed by atoms with Crippen LogP contribution in [0.1, 0.15) is 11.1 Å². The second-order valence-electron chi connectivity index (χ2n) is 2.35. The third-order valence-electron chi connectivity index (χ3n) is 1.61. The lowest BCUT2D eigenvalue weighted by Gasteiger charge is -1.99. The van der Waals surface area contributed by atoms with Crippen LogP contribution in [-0.2, 0) is 4.74 Å². The fraction of sp³-hybridized carbons (Fsp3) is 0. The summed E-state index contributed by atoms with van der Waals surface area (Å²) >= 11 is 5.86. The second kappa shape index (κ2) is 2.99. The van der Waals surface area contributed by atoms with E-state index in [0.717, 1.165) is 11.1 Å². The first-order valence-electron chi connectivity index (χ1n) is 3.51. The number of nitrogens with zero attached hydrogens (tertiary/aromatic N) is 1. The maximum absolute atomic E-state index is 5.86. The molecule has 0 spiro atoms. The molecule has 12 heavy (non-hydrogen) atoms. The van der Waals surface area contributed by atoms with Crippen LogP contribution in [-0.4, -0.2) is 4.98 Å². The van der Waals surface area contributed by atoms with Crippen LogP contribution in [0.3, 0.4) is 0 Å². The van der Waals surface area contributed by atoms with E-state index in [0.29, 0.717) is 5.15 Å². The quantitative estimate of drug-likeness (QED) is 0.572. The summed E-state index contributed by atoms with van der Waals surface area (Å²) in [5.41, 5.74) is 1.91. The van der Waals surface area contributed by atoms with Gasteiger partial charge in [-0.15, -0.1) is 0 Å². The molecule has 0 bridgehead atoms. The van der Waals surface area contributed by atoms with E-state index >= 15 is 0 Å². The van der Waals surface area contributed by atoms with Crippen molar-refractivity contribution in [3.8, 4) is 0 Å². The number of halogens is 1. The molecule has 2 rings (SSSR count). The van der Waals surface area contributed by atoms with Gasteiger partial charge in [-0.2, -0.15) is 0 Å². The van der Waals surface area contributed by atoms with E-state index in [2.05, 4.69) is 4.98 Å². The van der Waals surface area contributed by atoms with Crippen LogP contribution in [0.4, 0.5) is 0 Å². The Morgan fingerprint density at radius 1 is 1.25 bits per heavy atom. The average molecular weight is 180 g/mol. The van der Waals surface area contributed by atoms with E-state index in [1.165, 1.54) is 0 Å². The highest BCUT2D eigenvalue weighted by Gasteiger charge is 2.03. The molecule has 0 saturated heterocycles. The maximum Gasteiger partial charge on any atom is 0.136 e. The molecule has 0 unspecified atom stereocenters. The third-order valence-corrected chi connectivity index (χ3v) is 1.92. The van der Waals surface area contributed by atoms with Gasteiger partial charge < -0.3 is 4.74 Å². The van der Waals surface area contributed by atoms with Crippen LogP contribution >= 0.6 is 11.6 Å². The molecule has 0 N–H and O–H groups in total. The Labute approximate surface area is 75.1 Å². The molecule has 0 aliphatic carbocycles. The molecule has 0 atom stereocenters. The summed E-state index contributed by atoms with van der Waals surface area (Å²) in [5, 5.41) is 0.499. The number of ether oxygens (including phenoxy) is 1. The number of pyridine rings is 1. The molecule has 0 saturated carbocycles. The highest BCUT2D eigenvalue weighted by Crippen LogP contribution is 2.21. The molecule has 0 radical (unpaired) electrons. The van der Waals surface area contributed by atoms with Crippen LogP contribution < -0.4 is 0 Å². The van der Waals surface area contributed by atoms with Crippen molar-refractivity contribution in [3.05, 3.63) is 41.1 Å². The molecule has 1 aromatic rings. The van der Waals surface area contributed by atoms with E-state index < -0.39 is 0 Å². The fourth-order valence-electron chi connectivity index (χ4n) is 1.04. The van der Waals surface area contributed by atoms with Crippen molar-refractivity contribution in [2.75, 3.05) is 0 Å². The van der Waals surface area contributed by atoms with Crippen molar-refractivity contribution in [1.82, 2.24) is 4.98 Å². The summed E-state index contributed by atoms with van der Waals surface area (Å²) in [6.45, 7) is 0. The predicted molar refractivity (Wildman–Crippen MR) is 48.4 cm³/mol. The molecule has 2 nitrogen and oxygen atoms in total. The number of hydrogen-bond donors (Lipinski definition) is 0. The second-order valence-corrected chi connectivity index (χ2v) is 2.70. The first-order valence-corrected chi connectivity index (χ1v) is 3.89. The van der Waals surface area contributed by atoms with Gasteiger partial charge in [-0.05, 0) is 23.8 Å². The van der Waals surface area contributed by atoms with E-state index in [-0.39, 0.29) is 0 Å². The molecule has 3 heteroatoms. The zero-order chi connectivity index (χ0) is 8.39. The van der Waals surface area contributed by atoms with Gasteiger partial charge >= 0.3 is 0 Å². The van der Waals surface area contributed by atoms with Crippen LogP contribution in [0.25, 0.3) is 12.2 Å². The highest BCUT2D eigenvalue weighted by molar-refractivity contribution is 6.31. The van der Waals surface area contributed by atoms with Gasteiger partial charge in [0.05, 0.1) is 12.5 Å². The van der Waals surface area contributed by atoms with Crippen LogP contribution in [0.15, 0.2) is 24.8 Å². The molecule has 1 aromatic heterocycles. The monoisotopic (exact) mass is 179 g/mol. The molecule has 0 aromatic carbocycles. The maximum atomic E-state index is 5.86. The van der Waals surface area contributed by atoms with E-state index in [9.17, 15) is 0 Å². The van der Waals surface area contributed by atoms with Crippen molar-refractivity contribution in [2.24, 2.45) is 0 Å². The molecular weight excluding hydrogens is 174 g/mol. The molecule has 0 amide bonds. The lowest BCUT2D eigenvalue weighted by atomic mass is 10.1. The molecule has 2 heterocycles. The summed E-state index contributed by atoms with van der Waals surface area (Å²) in [6.07, 6.45) is 8.51. The van der Waals surface area contributed by atoms with Crippen LogP contribution in [0, 0.1) is 0 Å². The van der Waals surface area contributed by atoms with Gasteiger partial charge in [0.25, 0.3) is 0 Å². The third kappa shape index (κ3) is 1.21. The number of hydrogen-bond acceptors (Lipinski definition) is 2. The molecule has 1 aliphatic rings. The molecular formula is C9H6ClNO. The van der Waals surface area contributed by atoms with Gasteiger partial charge in [-0.3, -0.25) is 0 Å². The molecule has 60 valence electrons. The first kappa shape index (κ1) is 7.37. The summed E-state index contributed by atoms with van der Waals surface area (Å²) in [7, 11) is 0. The normalized spacial score (nSPS) is 13.4. The van der Waals surface area contributed by atoms with Gasteiger partial charge in [-0.25, -0.2) is 4.98 Å². The molecule has 1 aliphatic heterocycles. The average Bonchev–Trinajstić information content (AvgIpc) is 2.30. The number of rotatable bonds is 0. The Morgan fingerprint density at radius 3 is 3.00 bits per heavy atom. The van der Waals surface area contributed by atoms with Gasteiger partial charge in [0, 0.05) is 11.8 Å². The summed E-state index contributed by atoms with van der Waals surface area (Å²) in [5.74, 6) is 0. The fourth-order valence-corrected chi connectivity index (χ4v) is 1.27. The van der Waals surface area contributed by atoms with Crippen molar-refractivity contribution in [2.45, 2.75) is 0 Å². The van der Waals surface area contributed by atoms with Crippen molar-refractivity contribution < 1.29 is 4.74 Å². The van der Waals surface area contributed by atoms with Crippen molar-refractivity contribution >= 4 is 23.8 Å². The van der Waals surface area contributed by atoms with E-state index in [1.54, 1.807) is 24.8 Å². The smallest absolute Gasteiger partial charge is 0.136 e. The topological polar surface area (TPSA) is 22.1 Å². The predicted octanol–water partition coefficient (Wildman–Crippen LogP) is 2.71. The lowest BCUT2D eigenvalue weighted by molar-refractivity contribution is 0.411. The van der Waals surface area contributed by atoms with Gasteiger partial charge in [0.2, 0.25) is 0 Å². The minimum Gasteiger partial charge on any atom is -0.473 e. The van der Waals surface area contributed by atoms with Gasteiger partial charge in [0.15, 0.2) is 0 Å². The standard InChI is InChI=1S/C9H6ClNO/c10-9-8-3-6-12-5-2-7(8)1-4-11-9/h1-6H. The Bertz CT molecular complexity index is 358. The first-order chi connectivity index (χ1) is 5.88. The van der Waals surface area contributed by atoms with Crippen LogP contribution in [0.2, 0.25) is 5.15 Å². The van der Waals surface area contributed by atoms with E-state index in [1.807, 2.05) is 12.1 Å². The minimum absolute atomic E-state index is 0.499. The summed E-state index contributed by atoms with van der Waals surface area (Å²) in [4.78, 5) is 3.96. The van der Waals surface area contributed by atoms with Crippen LogP contribution in [0.5, 0.6) is 0 Å². The summed E-state index contributed by atoms with van der Waals surface area (Å²) in [6, 6.07) is 1.89. The van der Waals surface area contributed by atoms with Gasteiger partial charge in [-0.1, -0.05) is 11.6 Å². The summed E-state index contributed by atoms with van der Waals surface area (Å²) < 4.78 is 4.98. The Balaban J connectivity index is 2.65. The lowest BCUT2D eigenvalue weighted by Crippen LogP contribution is -1.84. The highest BCUT2D eigenvalue weighted by atomic mass is 35.5. The minimum atomic E-state index is 0.499. The zero-order valence-corrected chi connectivity index (χ0v) is 6.95. The van der Waals surface area contributed by atoms with Crippen molar-refractivity contribution in [1.29, 1.82) is 0 Å². The van der Waals surface area contributed by atoms with Gasteiger partial charge in [0.1, 0.15) is 5.15 Å². The Hall–Kier alpha value is -1.28. The molecule has 0 fully saturated rings. The number of fused-ring (bicyclic) bond motifs is 1. The zero-order valence-electron chi connectivity index (χ0n) is 6.20. The number of aromatic nitrogens is 1. The SMILES string of the molecule is Clc1nccc2c1C=COC=C2. The Kier molecular flexibility index (Phi) is 1.84. The van der Waals surface area contributed by atoms with Crippen molar-refractivity contribution in [3.63, 3.8) is 0 Å². The largest absolute Gasteiger partial charge is 0.473 e.